The molecule has 0 bridgehead atoms. The quantitative estimate of drug-likeness (QED) is 0.0177. The fraction of sp³-hybridized carbons (Fsp3) is 0.895. The molecule has 0 nitrogen and oxygen atoms in total. The minimum atomic E-state index is 0.386. The first-order valence-corrected chi connectivity index (χ1v) is 51.6. The van der Waals surface area contributed by atoms with Crippen LogP contribution >= 0.6 is 289 Å². The van der Waals surface area contributed by atoms with E-state index in [0.29, 0.717) is 8.66 Å². The first-order valence-electron chi connectivity index (χ1n) is 29.1. The number of benzene rings is 1. The van der Waals surface area contributed by atoms with Gasteiger partial charge in [0.25, 0.3) is 0 Å². The number of unbranched alkanes of at least 4 members (excludes halogenated alkanes) is 1. The minimum absolute atomic E-state index is 0.386. The van der Waals surface area contributed by atoms with Gasteiger partial charge in [0.2, 0.25) is 0 Å². The summed E-state index contributed by atoms with van der Waals surface area (Å²) in [5, 5.41) is 0. The second kappa shape index (κ2) is 78.3. The molecule has 1 unspecified atom stereocenters. The van der Waals surface area contributed by atoms with Crippen molar-refractivity contribution < 1.29 is 0 Å². The molecule has 0 aromatic heterocycles. The Balaban J connectivity index is -0.00000100. The van der Waals surface area contributed by atoms with Crippen molar-refractivity contribution in [3.63, 3.8) is 0 Å². The van der Waals surface area contributed by atoms with Crippen LogP contribution in [-0.2, 0) is 0 Å². The third kappa shape index (κ3) is 70.3. The zero-order valence-electron chi connectivity index (χ0n) is 50.5. The topological polar surface area (TPSA) is 0 Å². The lowest BCUT2D eigenvalue weighted by atomic mass is 10.0. The molecule has 0 N–H and O–H groups in total. The molecular formula is C57H114S24. The van der Waals surface area contributed by atoms with E-state index < -0.39 is 0 Å². The molecule has 0 amide bonds. The molecule has 1 aromatic carbocycles. The summed E-state index contributed by atoms with van der Waals surface area (Å²) in [5.74, 6) is 39.3. The minimum Gasteiger partial charge on any atom is -0.179 e. The van der Waals surface area contributed by atoms with E-state index in [4.69, 9.17) is 0 Å². The molecule has 0 heterocycles. The van der Waals surface area contributed by atoms with Crippen molar-refractivity contribution in [1.82, 2.24) is 0 Å². The molecule has 1 rings (SSSR count). The standard InChI is InChI=1S/C16H34S6.C15H24S6.C14H30S6.C12H26S6/c1-3-5-6-15(4-2)16(21-13-11-19-9-7-17)22-14-12-20-10-8-18;16-6-8-18-10-12-20-15(14-4-2-1-3-5-14)21-13-11-19-9-7-17;1-13(2)12-14(3,19-10-8-17-6-4-15)20-11-9-18-7-5-16;1-2-3-12(17-10-8-15-6-4-13)18-11-9-16-7-5-14/h15-18H,3-14H2,1-2H3;1-5,15-17H,6-13H2;13,15-16H,4-12H2,1-3H3;12-14H,2-11H2,1H3. The van der Waals surface area contributed by atoms with E-state index in [2.05, 4.69) is 267 Å². The van der Waals surface area contributed by atoms with Gasteiger partial charge in [-0.2, -0.15) is 195 Å². The molecule has 24 heteroatoms. The predicted octanol–water partition coefficient (Wildman–Crippen LogP) is 22.2. The Labute approximate surface area is 616 Å². The molecule has 1 aromatic rings. The van der Waals surface area contributed by atoms with E-state index in [1.54, 1.807) is 0 Å². The van der Waals surface area contributed by atoms with Crippen LogP contribution in [0.5, 0.6) is 0 Å². The summed E-state index contributed by atoms with van der Waals surface area (Å²) in [6.45, 7) is 14.1. The van der Waals surface area contributed by atoms with Gasteiger partial charge in [-0.25, -0.2) is 0 Å². The van der Waals surface area contributed by atoms with Crippen molar-refractivity contribution in [2.75, 3.05) is 184 Å². The average Bonchev–Trinajstić information content (AvgIpc) is 3.46. The molecule has 0 aliphatic rings. The summed E-state index contributed by atoms with van der Waals surface area (Å²) >= 11 is 67.5. The van der Waals surface area contributed by atoms with E-state index in [-0.39, 0.29) is 0 Å². The largest absolute Gasteiger partial charge is 0.179 e. The molecule has 1 atom stereocenters. The van der Waals surface area contributed by atoms with Gasteiger partial charge in [0.05, 0.1) is 17.8 Å². The van der Waals surface area contributed by atoms with Gasteiger partial charge in [0.1, 0.15) is 0 Å². The first-order chi connectivity index (χ1) is 39.6. The van der Waals surface area contributed by atoms with Crippen LogP contribution in [0.3, 0.4) is 0 Å². The Morgan fingerprint density at radius 3 is 1.02 bits per heavy atom. The molecule has 0 spiro atoms. The SMILES string of the molecule is CC(C)CC(C)(SCCSCCS)SCCSCCS.CCCC(SCCSCCS)SCCSCCS.CCCCC(CC)C(SCCSCCS)SCCSCCS.SCCSCCSC(SCCSCCS)c1ccccc1. The van der Waals surface area contributed by atoms with E-state index >= 15 is 0 Å². The molecule has 81 heavy (non-hydrogen) atoms. The Bertz CT molecular complexity index is 1230. The Kier molecular flexibility index (Phi) is 89.7. The van der Waals surface area contributed by atoms with E-state index in [0.717, 1.165) is 78.5 Å². The number of thioether (sulfide) groups is 16. The van der Waals surface area contributed by atoms with Crippen LogP contribution in [0.2, 0.25) is 0 Å². The highest BCUT2D eigenvalue weighted by molar-refractivity contribution is 8.19. The lowest BCUT2D eigenvalue weighted by Crippen LogP contribution is -2.20. The number of hydrogen-bond donors (Lipinski definition) is 8. The average molecular weight is 1570 g/mol. The second-order valence-electron chi connectivity index (χ2n) is 18.0. The van der Waals surface area contributed by atoms with Gasteiger partial charge in [-0.3, -0.25) is 0 Å². The normalized spacial score (nSPS) is 12.0. The molecule has 0 aliphatic carbocycles. The summed E-state index contributed by atoms with van der Waals surface area (Å²) in [7, 11) is 0. The molecule has 0 saturated carbocycles. The van der Waals surface area contributed by atoms with E-state index in [9.17, 15) is 0 Å². The van der Waals surface area contributed by atoms with Crippen molar-refractivity contribution in [3.05, 3.63) is 35.9 Å². The van der Waals surface area contributed by atoms with Crippen LogP contribution in [0.1, 0.15) is 96.6 Å². The van der Waals surface area contributed by atoms with Crippen LogP contribution in [0, 0.1) is 11.8 Å². The third-order valence-corrected chi connectivity index (χ3v) is 36.6. The van der Waals surface area contributed by atoms with Crippen LogP contribution in [-0.4, -0.2) is 197 Å². The van der Waals surface area contributed by atoms with Crippen molar-refractivity contribution in [2.45, 2.75) is 104 Å². The van der Waals surface area contributed by atoms with Crippen molar-refractivity contribution in [3.8, 4) is 0 Å². The van der Waals surface area contributed by atoms with Gasteiger partial charge >= 0.3 is 0 Å². The lowest BCUT2D eigenvalue weighted by Gasteiger charge is -2.30. The van der Waals surface area contributed by atoms with Crippen molar-refractivity contribution in [1.29, 1.82) is 0 Å². The highest BCUT2D eigenvalue weighted by Gasteiger charge is 2.26. The highest BCUT2D eigenvalue weighted by Crippen LogP contribution is 2.43. The Hall–Kier alpha value is 7.62. The van der Waals surface area contributed by atoms with Gasteiger partial charge in [-0.15, -0.1) is 94.1 Å². The van der Waals surface area contributed by atoms with Gasteiger partial charge in [-0.05, 0) is 89.6 Å². The van der Waals surface area contributed by atoms with E-state index in [1.807, 2.05) is 94.1 Å². The van der Waals surface area contributed by atoms with Crippen LogP contribution < -0.4 is 0 Å². The second-order valence-corrected chi connectivity index (χ2v) is 43.3. The zero-order valence-corrected chi connectivity index (χ0v) is 70.7. The monoisotopic (exact) mass is 1570 g/mol. The van der Waals surface area contributed by atoms with E-state index in [1.165, 1.54) is 177 Å². The highest BCUT2D eigenvalue weighted by atomic mass is 32.2. The fourth-order valence-corrected chi connectivity index (χ4v) is 29.0. The maximum Gasteiger partial charge on any atom is 0.0751 e. The van der Waals surface area contributed by atoms with Crippen LogP contribution in [0.25, 0.3) is 0 Å². The lowest BCUT2D eigenvalue weighted by molar-refractivity contribution is 0.485. The van der Waals surface area contributed by atoms with Gasteiger partial charge in [0, 0.05) is 138 Å². The molecule has 0 aliphatic heterocycles. The Morgan fingerprint density at radius 1 is 0.383 bits per heavy atom. The molecule has 486 valence electrons. The molecular weight excluding hydrogens is 1450 g/mol. The fourth-order valence-electron chi connectivity index (χ4n) is 6.84. The number of hydrogen-bond acceptors (Lipinski definition) is 24. The smallest absolute Gasteiger partial charge is 0.0751 e. The first kappa shape index (κ1) is 92.8. The van der Waals surface area contributed by atoms with Crippen molar-refractivity contribution in [2.24, 2.45) is 11.8 Å². The van der Waals surface area contributed by atoms with Gasteiger partial charge in [-0.1, -0.05) is 90.6 Å². The number of thiol groups is 8. The van der Waals surface area contributed by atoms with Gasteiger partial charge in [0.15, 0.2) is 0 Å². The molecule has 0 saturated heterocycles. The summed E-state index contributed by atoms with van der Waals surface area (Å²) in [6, 6.07) is 10.9. The third-order valence-electron chi connectivity index (χ3n) is 10.4. The zero-order chi connectivity index (χ0) is 60.4. The van der Waals surface area contributed by atoms with Crippen molar-refractivity contribution >= 4 is 289 Å². The molecule has 0 fully saturated rings. The number of rotatable bonds is 58. The summed E-state index contributed by atoms with van der Waals surface area (Å²) in [5.41, 5.74) is 1.45. The predicted molar refractivity (Wildman–Crippen MR) is 462 cm³/mol. The Morgan fingerprint density at radius 2 is 0.716 bits per heavy atom. The summed E-state index contributed by atoms with van der Waals surface area (Å²) < 4.78 is 2.56. The summed E-state index contributed by atoms with van der Waals surface area (Å²) in [6.07, 6.45) is 9.41. The van der Waals surface area contributed by atoms with Gasteiger partial charge < -0.3 is 0 Å². The maximum absolute atomic E-state index is 4.28. The molecule has 0 radical (unpaired) electrons. The van der Waals surface area contributed by atoms with Crippen LogP contribution in [0.15, 0.2) is 30.3 Å². The maximum atomic E-state index is 4.28. The summed E-state index contributed by atoms with van der Waals surface area (Å²) in [4.78, 5) is 0. The van der Waals surface area contributed by atoms with Crippen LogP contribution in [0.4, 0.5) is 0 Å².